The molecule has 0 atom stereocenters. The Balaban J connectivity index is 2.20. The highest BCUT2D eigenvalue weighted by Crippen LogP contribution is 2.33. The third-order valence-corrected chi connectivity index (χ3v) is 3.99. The number of rotatable bonds is 4. The fourth-order valence-corrected chi connectivity index (χ4v) is 2.66. The molecule has 0 spiro atoms. The number of nitrogens with zero attached hydrogens (tertiary/aromatic N) is 2. The summed E-state index contributed by atoms with van der Waals surface area (Å²) in [5, 5.41) is 11.1. The highest BCUT2D eigenvalue weighted by molar-refractivity contribution is 9.10. The highest BCUT2D eigenvalue weighted by Gasteiger charge is 2.23. The van der Waals surface area contributed by atoms with Gasteiger partial charge in [0.1, 0.15) is 11.1 Å². The number of carbonyl (C=O) groups is 1. The van der Waals surface area contributed by atoms with E-state index in [1.54, 1.807) is 18.2 Å². The summed E-state index contributed by atoms with van der Waals surface area (Å²) in [6, 6.07) is 9.49. The molecule has 0 fully saturated rings. The van der Waals surface area contributed by atoms with E-state index >= 15 is 0 Å². The molecule has 0 aliphatic carbocycles. The van der Waals surface area contributed by atoms with Crippen molar-refractivity contribution in [1.29, 1.82) is 0 Å². The molecule has 25 heavy (non-hydrogen) atoms. The molecule has 2 aromatic carbocycles. The molecule has 1 heterocycles. The predicted molar refractivity (Wildman–Crippen MR) is 92.9 cm³/mol. The summed E-state index contributed by atoms with van der Waals surface area (Å²) in [6.45, 7) is -0.256. The summed E-state index contributed by atoms with van der Waals surface area (Å²) >= 11 is 3.39. The Kier molecular flexibility index (Phi) is 4.50. The molecular weight excluding hydrogens is 392 g/mol. The summed E-state index contributed by atoms with van der Waals surface area (Å²) < 4.78 is 11.3. The monoisotopic (exact) mass is 400 g/mol. The van der Waals surface area contributed by atoms with Crippen molar-refractivity contribution in [3.8, 4) is 23.8 Å². The van der Waals surface area contributed by atoms with Gasteiger partial charge in [0.2, 0.25) is 5.89 Å². The topological polar surface area (TPSA) is 95.5 Å². The van der Waals surface area contributed by atoms with Crippen LogP contribution in [0, 0.1) is 22.5 Å². The average Bonchev–Trinajstić information content (AvgIpc) is 3.02. The quantitative estimate of drug-likeness (QED) is 0.284. The molecule has 0 aliphatic heterocycles. The van der Waals surface area contributed by atoms with Crippen molar-refractivity contribution < 1.29 is 18.9 Å². The molecule has 0 unspecified atom stereocenters. The maximum absolute atomic E-state index is 12.2. The Labute approximate surface area is 149 Å². The molecule has 0 saturated carbocycles. The number of terminal acetylenes is 1. The number of hydrogen-bond acceptors (Lipinski definition) is 6. The lowest BCUT2D eigenvalue weighted by molar-refractivity contribution is -0.384. The molecule has 8 heteroatoms. The van der Waals surface area contributed by atoms with Crippen LogP contribution in [0.5, 0.6) is 0 Å². The van der Waals surface area contributed by atoms with Crippen molar-refractivity contribution in [3.05, 3.63) is 56.5 Å². The van der Waals surface area contributed by atoms with Gasteiger partial charge in [-0.3, -0.25) is 10.1 Å². The van der Waals surface area contributed by atoms with Crippen LogP contribution in [0.1, 0.15) is 10.4 Å². The minimum absolute atomic E-state index is 0.0957. The molecule has 124 valence electrons. The first-order valence-corrected chi connectivity index (χ1v) is 7.75. The fourth-order valence-electron chi connectivity index (χ4n) is 2.21. The number of halogens is 1. The number of fused-ring (bicyclic) bond motifs is 1. The van der Waals surface area contributed by atoms with Gasteiger partial charge in [0, 0.05) is 16.6 Å². The number of carbonyl (C=O) groups excluding carboxylic acids is 1. The van der Waals surface area contributed by atoms with Gasteiger partial charge in [0.05, 0.1) is 10.5 Å². The van der Waals surface area contributed by atoms with Gasteiger partial charge < -0.3 is 9.15 Å². The van der Waals surface area contributed by atoms with Crippen LogP contribution in [0.3, 0.4) is 0 Å². The van der Waals surface area contributed by atoms with Gasteiger partial charge in [0.25, 0.3) is 5.69 Å². The zero-order chi connectivity index (χ0) is 18.0. The van der Waals surface area contributed by atoms with Gasteiger partial charge in [-0.05, 0) is 28.1 Å². The summed E-state index contributed by atoms with van der Waals surface area (Å²) in [6.07, 6.45) is 5.07. The lowest BCUT2D eigenvalue weighted by Crippen LogP contribution is -2.06. The van der Waals surface area contributed by atoms with Crippen molar-refractivity contribution in [2.24, 2.45) is 0 Å². The first kappa shape index (κ1) is 16.7. The molecule has 0 aliphatic rings. The van der Waals surface area contributed by atoms with E-state index < -0.39 is 10.9 Å². The normalized spacial score (nSPS) is 10.4. The molecule has 0 N–H and O–H groups in total. The van der Waals surface area contributed by atoms with Crippen LogP contribution in [0.15, 0.2) is 45.3 Å². The smallest absolute Gasteiger partial charge is 0.343 e. The van der Waals surface area contributed by atoms with Gasteiger partial charge in [0.15, 0.2) is 12.2 Å². The van der Waals surface area contributed by atoms with Crippen molar-refractivity contribution in [3.63, 3.8) is 0 Å². The molecule has 3 rings (SSSR count). The van der Waals surface area contributed by atoms with Crippen molar-refractivity contribution >= 4 is 38.7 Å². The Hall–Kier alpha value is -3.18. The molecule has 0 amide bonds. The van der Waals surface area contributed by atoms with Gasteiger partial charge >= 0.3 is 5.97 Å². The molecule has 0 saturated heterocycles. The van der Waals surface area contributed by atoms with E-state index in [0.717, 1.165) is 10.5 Å². The van der Waals surface area contributed by atoms with Gasteiger partial charge in [-0.1, -0.05) is 18.1 Å². The first-order valence-electron chi connectivity index (χ1n) is 6.95. The van der Waals surface area contributed by atoms with E-state index in [4.69, 9.17) is 15.6 Å². The molecule has 0 radical (unpaired) electrons. The Bertz CT molecular complexity index is 1040. The largest absolute Gasteiger partial charge is 0.449 e. The van der Waals surface area contributed by atoms with E-state index in [2.05, 4.69) is 26.8 Å². The van der Waals surface area contributed by atoms with Crippen molar-refractivity contribution in [2.45, 2.75) is 0 Å². The highest BCUT2D eigenvalue weighted by atomic mass is 79.9. The number of hydrogen-bond donors (Lipinski definition) is 0. The van der Waals surface area contributed by atoms with Crippen LogP contribution in [0.2, 0.25) is 0 Å². The van der Waals surface area contributed by atoms with E-state index in [1.807, 2.05) is 6.07 Å². The third-order valence-electron chi connectivity index (χ3n) is 3.30. The Morgan fingerprint density at radius 3 is 2.84 bits per heavy atom. The van der Waals surface area contributed by atoms with Crippen LogP contribution in [0.4, 0.5) is 5.69 Å². The number of ether oxygens (including phenoxy) is 1. The molecule has 0 bridgehead atoms. The minimum Gasteiger partial charge on any atom is -0.449 e. The Morgan fingerprint density at radius 1 is 1.40 bits per heavy atom. The molecule has 1 aromatic heterocycles. The van der Waals surface area contributed by atoms with Crippen LogP contribution in [-0.2, 0) is 4.74 Å². The second kappa shape index (κ2) is 6.75. The van der Waals surface area contributed by atoms with E-state index in [1.165, 1.54) is 6.07 Å². The fraction of sp³-hybridized carbons (Fsp3) is 0.0588. The summed E-state index contributed by atoms with van der Waals surface area (Å²) in [4.78, 5) is 26.9. The third kappa shape index (κ3) is 3.22. The van der Waals surface area contributed by atoms with Crippen LogP contribution in [-0.4, -0.2) is 22.5 Å². The van der Waals surface area contributed by atoms with Gasteiger partial charge in [-0.2, -0.15) is 0 Å². The SMILES string of the molecule is C#CCOC(=O)c1cc([N+](=O)[O-])cc2nc(-c3ccccc3Br)oc12. The second-order valence-corrected chi connectivity index (χ2v) is 5.73. The number of benzene rings is 2. The average molecular weight is 401 g/mol. The van der Waals surface area contributed by atoms with E-state index in [0.29, 0.717) is 5.56 Å². The lowest BCUT2D eigenvalue weighted by atomic mass is 10.1. The summed E-state index contributed by atoms with van der Waals surface area (Å²) in [5.41, 5.74) is 0.507. The summed E-state index contributed by atoms with van der Waals surface area (Å²) in [5.74, 6) is 1.56. The molecule has 7 nitrogen and oxygen atoms in total. The van der Waals surface area contributed by atoms with E-state index in [9.17, 15) is 14.9 Å². The second-order valence-electron chi connectivity index (χ2n) is 4.88. The Morgan fingerprint density at radius 2 is 2.16 bits per heavy atom. The first-order chi connectivity index (χ1) is 12.0. The summed E-state index contributed by atoms with van der Waals surface area (Å²) in [7, 11) is 0. The molecular formula is C17H9BrN2O5. The zero-order valence-electron chi connectivity index (χ0n) is 12.6. The van der Waals surface area contributed by atoms with Crippen LogP contribution < -0.4 is 0 Å². The molecule has 3 aromatic rings. The minimum atomic E-state index is -0.818. The number of oxazole rings is 1. The van der Waals surface area contributed by atoms with Crippen LogP contribution >= 0.6 is 15.9 Å². The number of nitro groups is 1. The number of esters is 1. The van der Waals surface area contributed by atoms with Crippen molar-refractivity contribution in [1.82, 2.24) is 4.98 Å². The number of nitro benzene ring substituents is 1. The number of non-ortho nitro benzene ring substituents is 1. The maximum atomic E-state index is 12.2. The van der Waals surface area contributed by atoms with Crippen molar-refractivity contribution in [2.75, 3.05) is 6.61 Å². The standard InChI is InChI=1S/C17H9BrN2O5/c1-2-7-24-17(21)12-8-10(20(22)23)9-14-15(12)25-16(19-14)11-5-3-4-6-13(11)18/h1,3-6,8-9H,7H2. The van der Waals surface area contributed by atoms with Gasteiger partial charge in [-0.15, -0.1) is 6.42 Å². The zero-order valence-corrected chi connectivity index (χ0v) is 14.1. The van der Waals surface area contributed by atoms with E-state index in [-0.39, 0.29) is 34.8 Å². The van der Waals surface area contributed by atoms with Gasteiger partial charge in [-0.25, -0.2) is 9.78 Å². The lowest BCUT2D eigenvalue weighted by Gasteiger charge is -2.01. The number of aromatic nitrogens is 1. The predicted octanol–water partition coefficient (Wildman–Crippen LogP) is 3.96. The van der Waals surface area contributed by atoms with Crippen LogP contribution in [0.25, 0.3) is 22.6 Å². The maximum Gasteiger partial charge on any atom is 0.343 e.